The summed E-state index contributed by atoms with van der Waals surface area (Å²) in [6, 6.07) is 5.81. The van der Waals surface area contributed by atoms with Gasteiger partial charge in [-0.2, -0.15) is 13.2 Å². The Balaban J connectivity index is 1.45. The second kappa shape index (κ2) is 7.44. The van der Waals surface area contributed by atoms with Crippen molar-refractivity contribution in [2.75, 3.05) is 26.2 Å². The van der Waals surface area contributed by atoms with Crippen LogP contribution in [-0.4, -0.2) is 39.5 Å². The molecule has 0 radical (unpaired) electrons. The molecule has 6 heteroatoms. The molecule has 28 heavy (non-hydrogen) atoms. The van der Waals surface area contributed by atoms with Crippen LogP contribution in [0.2, 0.25) is 18.1 Å². The number of benzene rings is 1. The summed E-state index contributed by atoms with van der Waals surface area (Å²) in [5.74, 6) is 0.420. The molecule has 2 atom stereocenters. The smallest absolute Gasteiger partial charge is 0.416 e. The van der Waals surface area contributed by atoms with Gasteiger partial charge in [0, 0.05) is 19.7 Å². The molecule has 1 saturated carbocycles. The fourth-order valence-corrected chi connectivity index (χ4v) is 5.27. The molecule has 2 unspecified atom stereocenters. The number of likely N-dealkylation sites (tertiary alicyclic amines) is 1. The fourth-order valence-electron chi connectivity index (χ4n) is 4.18. The van der Waals surface area contributed by atoms with Crippen LogP contribution in [0.1, 0.15) is 57.1 Å². The molecule has 0 aromatic heterocycles. The lowest BCUT2D eigenvalue weighted by Gasteiger charge is -2.36. The normalized spacial score (nSPS) is 26.2. The third-order valence-electron chi connectivity index (χ3n) is 7.18. The van der Waals surface area contributed by atoms with E-state index in [0.717, 1.165) is 51.1 Å². The average Bonchev–Trinajstić information content (AvgIpc) is 3.12. The van der Waals surface area contributed by atoms with E-state index in [1.54, 1.807) is 12.1 Å². The molecule has 0 bridgehead atoms. The fraction of sp³-hybridized carbons (Fsp3) is 0.727. The van der Waals surface area contributed by atoms with Crippen molar-refractivity contribution in [2.24, 2.45) is 5.41 Å². The summed E-state index contributed by atoms with van der Waals surface area (Å²) in [7, 11) is -1.67. The van der Waals surface area contributed by atoms with Gasteiger partial charge in [0.15, 0.2) is 8.32 Å². The van der Waals surface area contributed by atoms with E-state index in [9.17, 15) is 13.2 Å². The van der Waals surface area contributed by atoms with Crippen LogP contribution in [0.3, 0.4) is 0 Å². The van der Waals surface area contributed by atoms with Crippen molar-refractivity contribution in [2.45, 2.75) is 70.3 Å². The van der Waals surface area contributed by atoms with E-state index >= 15 is 0 Å². The summed E-state index contributed by atoms with van der Waals surface area (Å²) in [4.78, 5) is 2.51. The molecule has 2 fully saturated rings. The van der Waals surface area contributed by atoms with Gasteiger partial charge in [0.25, 0.3) is 0 Å². The maximum atomic E-state index is 12.8. The minimum Gasteiger partial charge on any atom is -0.417 e. The van der Waals surface area contributed by atoms with Gasteiger partial charge >= 0.3 is 6.18 Å². The summed E-state index contributed by atoms with van der Waals surface area (Å²) in [6.07, 6.45) is -0.943. The molecule has 1 heterocycles. The van der Waals surface area contributed by atoms with Crippen LogP contribution in [0, 0.1) is 5.41 Å². The molecule has 3 rings (SSSR count). The van der Waals surface area contributed by atoms with Gasteiger partial charge in [-0.15, -0.1) is 0 Å². The summed E-state index contributed by atoms with van der Waals surface area (Å²) >= 11 is 0. The Morgan fingerprint density at radius 3 is 2.36 bits per heavy atom. The Kier molecular flexibility index (Phi) is 5.80. The highest BCUT2D eigenvalue weighted by Crippen LogP contribution is 2.64. The van der Waals surface area contributed by atoms with Crippen LogP contribution in [0.15, 0.2) is 24.3 Å². The van der Waals surface area contributed by atoms with Gasteiger partial charge in [-0.25, -0.2) is 0 Å². The number of alkyl halides is 3. The highest BCUT2D eigenvalue weighted by molar-refractivity contribution is 6.74. The van der Waals surface area contributed by atoms with Gasteiger partial charge in [0.2, 0.25) is 0 Å². The zero-order valence-corrected chi connectivity index (χ0v) is 18.8. The average molecular weight is 414 g/mol. The molecule has 1 spiro atoms. The lowest BCUT2D eigenvalue weighted by molar-refractivity contribution is -0.137. The Morgan fingerprint density at radius 2 is 1.79 bits per heavy atom. The lowest BCUT2D eigenvalue weighted by atomic mass is 9.97. The van der Waals surface area contributed by atoms with E-state index in [1.807, 2.05) is 0 Å². The monoisotopic (exact) mass is 413 g/mol. The standard InChI is InChI=1S/C22H34F3NOSi/c1-20(2,3)28(4,5)27-14-6-12-26-13-11-21(16-26)15-19(21)17-7-9-18(10-8-17)22(23,24)25/h7-10,19H,6,11-16H2,1-5H3. The second-order valence-electron chi connectivity index (χ2n) is 10.2. The molecule has 1 aromatic carbocycles. The van der Waals surface area contributed by atoms with Crippen molar-refractivity contribution in [1.29, 1.82) is 0 Å². The first kappa shape index (κ1) is 21.8. The van der Waals surface area contributed by atoms with Crippen molar-refractivity contribution >= 4 is 8.32 Å². The number of rotatable bonds is 6. The summed E-state index contributed by atoms with van der Waals surface area (Å²) < 4.78 is 44.5. The molecule has 1 aliphatic carbocycles. The van der Waals surface area contributed by atoms with Crippen molar-refractivity contribution in [3.63, 3.8) is 0 Å². The lowest BCUT2D eigenvalue weighted by Crippen LogP contribution is -2.41. The predicted molar refractivity (Wildman–Crippen MR) is 110 cm³/mol. The van der Waals surface area contributed by atoms with E-state index in [4.69, 9.17) is 4.43 Å². The van der Waals surface area contributed by atoms with Gasteiger partial charge in [-0.1, -0.05) is 32.9 Å². The van der Waals surface area contributed by atoms with Crippen molar-refractivity contribution in [3.8, 4) is 0 Å². The number of hydrogen-bond acceptors (Lipinski definition) is 2. The largest absolute Gasteiger partial charge is 0.417 e. The van der Waals surface area contributed by atoms with Gasteiger partial charge in [0.05, 0.1) is 5.56 Å². The highest BCUT2D eigenvalue weighted by atomic mass is 28.4. The topological polar surface area (TPSA) is 12.5 Å². The van der Waals surface area contributed by atoms with Gasteiger partial charge in [0.1, 0.15) is 0 Å². The second-order valence-corrected chi connectivity index (χ2v) is 15.0. The number of halogens is 3. The molecule has 1 aliphatic heterocycles. The van der Waals surface area contributed by atoms with Gasteiger partial charge < -0.3 is 9.33 Å². The number of nitrogens with zero attached hydrogens (tertiary/aromatic N) is 1. The summed E-state index contributed by atoms with van der Waals surface area (Å²) in [5.41, 5.74) is 0.803. The van der Waals surface area contributed by atoms with Crippen LogP contribution >= 0.6 is 0 Å². The molecule has 2 aliphatic rings. The summed E-state index contributed by atoms with van der Waals surface area (Å²) in [6.45, 7) is 15.4. The molecule has 158 valence electrons. The van der Waals surface area contributed by atoms with E-state index in [0.29, 0.717) is 11.3 Å². The quantitative estimate of drug-likeness (QED) is 0.401. The molecule has 1 aromatic rings. The first-order valence-corrected chi connectivity index (χ1v) is 13.3. The first-order chi connectivity index (χ1) is 12.8. The van der Waals surface area contributed by atoms with Crippen molar-refractivity contribution < 1.29 is 17.6 Å². The zero-order chi connectivity index (χ0) is 20.8. The summed E-state index contributed by atoms with van der Waals surface area (Å²) in [5, 5.41) is 0.244. The Bertz CT molecular complexity index is 681. The Hall–Kier alpha value is -0.853. The van der Waals surface area contributed by atoms with Crippen LogP contribution in [0.25, 0.3) is 0 Å². The van der Waals surface area contributed by atoms with Crippen LogP contribution in [0.4, 0.5) is 13.2 Å². The minimum absolute atomic E-state index is 0.244. The van der Waals surface area contributed by atoms with Crippen LogP contribution < -0.4 is 0 Å². The molecular formula is C22H34F3NOSi. The van der Waals surface area contributed by atoms with E-state index in [2.05, 4.69) is 38.8 Å². The van der Waals surface area contributed by atoms with Gasteiger partial charge in [-0.05, 0) is 73.0 Å². The van der Waals surface area contributed by atoms with E-state index in [1.165, 1.54) is 12.1 Å². The first-order valence-electron chi connectivity index (χ1n) is 10.4. The van der Waals surface area contributed by atoms with Gasteiger partial charge in [-0.3, -0.25) is 0 Å². The molecule has 0 amide bonds. The zero-order valence-electron chi connectivity index (χ0n) is 17.8. The molecule has 2 nitrogen and oxygen atoms in total. The van der Waals surface area contributed by atoms with Crippen molar-refractivity contribution in [3.05, 3.63) is 35.4 Å². The van der Waals surface area contributed by atoms with Crippen molar-refractivity contribution in [1.82, 2.24) is 4.90 Å². The van der Waals surface area contributed by atoms with E-state index < -0.39 is 20.1 Å². The Morgan fingerprint density at radius 1 is 1.14 bits per heavy atom. The molecule has 0 N–H and O–H groups in total. The predicted octanol–water partition coefficient (Wildman–Crippen LogP) is 6.30. The molecule has 1 saturated heterocycles. The maximum Gasteiger partial charge on any atom is 0.416 e. The van der Waals surface area contributed by atoms with E-state index in [-0.39, 0.29) is 5.04 Å². The third kappa shape index (κ3) is 4.65. The van der Waals surface area contributed by atoms with Crippen LogP contribution in [-0.2, 0) is 10.6 Å². The molecular weight excluding hydrogens is 379 g/mol. The Labute approximate surface area is 168 Å². The highest BCUT2D eigenvalue weighted by Gasteiger charge is 2.57. The SMILES string of the molecule is CC(C)(C)[Si](C)(C)OCCCN1CCC2(CC2c2ccc(C(F)(F)F)cc2)C1. The third-order valence-corrected chi connectivity index (χ3v) is 11.7. The van der Waals surface area contributed by atoms with Crippen LogP contribution in [0.5, 0.6) is 0 Å². The minimum atomic E-state index is -4.25. The number of hydrogen-bond donors (Lipinski definition) is 0. The maximum absolute atomic E-state index is 12.8.